The van der Waals surface area contributed by atoms with Crippen LogP contribution < -0.4 is 5.73 Å². The first-order chi connectivity index (χ1) is 8.31. The van der Waals surface area contributed by atoms with Crippen molar-refractivity contribution in [2.75, 3.05) is 0 Å². The van der Waals surface area contributed by atoms with E-state index in [2.05, 4.69) is 12.1 Å². The highest BCUT2D eigenvalue weighted by atomic mass is 16.5. The van der Waals surface area contributed by atoms with E-state index in [1.807, 2.05) is 36.4 Å². The molecule has 0 fully saturated rings. The zero-order valence-electron chi connectivity index (χ0n) is 10.1. The first-order valence-corrected chi connectivity index (χ1v) is 6.09. The van der Waals surface area contributed by atoms with Crippen LogP contribution in [0.4, 0.5) is 0 Å². The van der Waals surface area contributed by atoms with Gasteiger partial charge in [-0.3, -0.25) is 0 Å². The summed E-state index contributed by atoms with van der Waals surface area (Å²) in [5.41, 5.74) is 7.95. The molecule has 1 aromatic heterocycles. The van der Waals surface area contributed by atoms with Crippen molar-refractivity contribution in [2.24, 2.45) is 5.73 Å². The van der Waals surface area contributed by atoms with Gasteiger partial charge >= 0.3 is 0 Å². The number of benzene rings is 1. The number of hydrogen-bond donors (Lipinski definition) is 1. The first kappa shape index (κ1) is 11.9. The highest BCUT2D eigenvalue weighted by Crippen LogP contribution is 2.23. The smallest absolute Gasteiger partial charge is 0.154 e. The van der Waals surface area contributed by atoms with Gasteiger partial charge in [-0.15, -0.1) is 0 Å². The Morgan fingerprint density at radius 1 is 1.29 bits per heavy atom. The van der Waals surface area contributed by atoms with E-state index < -0.39 is 0 Å². The molecular weight excluding hydrogens is 212 g/mol. The molecule has 0 radical (unpaired) electrons. The summed E-state index contributed by atoms with van der Waals surface area (Å²) in [4.78, 5) is 0. The van der Waals surface area contributed by atoms with Gasteiger partial charge in [0.15, 0.2) is 5.76 Å². The lowest BCUT2D eigenvalue weighted by Gasteiger charge is -2.05. The second kappa shape index (κ2) is 5.64. The third-order valence-corrected chi connectivity index (χ3v) is 2.83. The van der Waals surface area contributed by atoms with Gasteiger partial charge in [-0.2, -0.15) is 0 Å². The topological polar surface area (TPSA) is 52.0 Å². The summed E-state index contributed by atoms with van der Waals surface area (Å²) in [6.07, 6.45) is 3.20. The second-order valence-electron chi connectivity index (χ2n) is 4.23. The van der Waals surface area contributed by atoms with Crippen LogP contribution in [0.5, 0.6) is 0 Å². The van der Waals surface area contributed by atoms with Crippen LogP contribution in [0.25, 0.3) is 11.3 Å². The predicted molar refractivity (Wildman–Crippen MR) is 68.4 cm³/mol. The molecule has 3 nitrogen and oxygen atoms in total. The van der Waals surface area contributed by atoms with E-state index in [1.54, 1.807) is 0 Å². The van der Waals surface area contributed by atoms with Crippen molar-refractivity contribution in [3.05, 3.63) is 42.2 Å². The van der Waals surface area contributed by atoms with Crippen molar-refractivity contribution in [2.45, 2.75) is 32.2 Å². The van der Waals surface area contributed by atoms with E-state index in [0.29, 0.717) is 0 Å². The molecule has 0 bridgehead atoms. The van der Waals surface area contributed by atoms with Gasteiger partial charge in [0.2, 0.25) is 0 Å². The van der Waals surface area contributed by atoms with E-state index >= 15 is 0 Å². The van der Waals surface area contributed by atoms with E-state index in [9.17, 15) is 0 Å². The molecule has 0 spiro atoms. The molecule has 1 aromatic carbocycles. The Hall–Kier alpha value is -1.61. The minimum Gasteiger partial charge on any atom is -0.359 e. The summed E-state index contributed by atoms with van der Waals surface area (Å²) in [6.45, 7) is 2.16. The summed E-state index contributed by atoms with van der Waals surface area (Å²) in [5, 5.41) is 4.06. The molecule has 1 atom stereocenters. The molecule has 2 aromatic rings. The van der Waals surface area contributed by atoms with E-state index in [-0.39, 0.29) is 6.04 Å². The summed E-state index contributed by atoms with van der Waals surface area (Å²) >= 11 is 0. The SMILES string of the molecule is CCCCC(N)c1cc(-c2ccccc2)no1. The average molecular weight is 230 g/mol. The van der Waals surface area contributed by atoms with Crippen molar-refractivity contribution in [3.8, 4) is 11.3 Å². The van der Waals surface area contributed by atoms with Crippen LogP contribution in [0.3, 0.4) is 0 Å². The normalized spacial score (nSPS) is 12.6. The fraction of sp³-hybridized carbons (Fsp3) is 0.357. The lowest BCUT2D eigenvalue weighted by Crippen LogP contribution is -2.08. The maximum Gasteiger partial charge on any atom is 0.154 e. The molecule has 1 heterocycles. The summed E-state index contributed by atoms with van der Waals surface area (Å²) in [5.74, 6) is 0.775. The largest absolute Gasteiger partial charge is 0.359 e. The Morgan fingerprint density at radius 3 is 2.76 bits per heavy atom. The van der Waals surface area contributed by atoms with Gasteiger partial charge in [-0.25, -0.2) is 0 Å². The summed E-state index contributed by atoms with van der Waals surface area (Å²) < 4.78 is 5.30. The van der Waals surface area contributed by atoms with E-state index in [4.69, 9.17) is 10.3 Å². The van der Waals surface area contributed by atoms with E-state index in [1.165, 1.54) is 0 Å². The monoisotopic (exact) mass is 230 g/mol. The zero-order chi connectivity index (χ0) is 12.1. The van der Waals surface area contributed by atoms with Crippen molar-refractivity contribution < 1.29 is 4.52 Å². The number of unbranched alkanes of at least 4 members (excludes halogenated alkanes) is 1. The summed E-state index contributed by atoms with van der Waals surface area (Å²) in [6, 6.07) is 11.9. The zero-order valence-corrected chi connectivity index (χ0v) is 10.1. The fourth-order valence-electron chi connectivity index (χ4n) is 1.78. The third kappa shape index (κ3) is 2.94. The molecule has 0 saturated heterocycles. The van der Waals surface area contributed by atoms with Crippen LogP contribution in [-0.4, -0.2) is 5.16 Å². The molecule has 2 rings (SSSR count). The predicted octanol–water partition coefficient (Wildman–Crippen LogP) is 3.53. The molecule has 2 N–H and O–H groups in total. The molecule has 17 heavy (non-hydrogen) atoms. The number of hydrogen-bond acceptors (Lipinski definition) is 3. The Balaban J connectivity index is 2.11. The highest BCUT2D eigenvalue weighted by molar-refractivity contribution is 5.58. The lowest BCUT2D eigenvalue weighted by atomic mass is 10.1. The number of nitrogens with zero attached hydrogens (tertiary/aromatic N) is 1. The Labute approximate surface area is 102 Å². The number of rotatable bonds is 5. The molecule has 1 unspecified atom stereocenters. The van der Waals surface area contributed by atoms with Crippen molar-refractivity contribution in [1.29, 1.82) is 0 Å². The Morgan fingerprint density at radius 2 is 2.06 bits per heavy atom. The maximum atomic E-state index is 6.04. The Kier molecular flexibility index (Phi) is 3.94. The van der Waals surface area contributed by atoms with Crippen LogP contribution in [0.2, 0.25) is 0 Å². The fourth-order valence-corrected chi connectivity index (χ4v) is 1.78. The van der Waals surface area contributed by atoms with E-state index in [0.717, 1.165) is 36.3 Å². The molecule has 0 amide bonds. The molecule has 0 aliphatic heterocycles. The van der Waals surface area contributed by atoms with Gasteiger partial charge in [0.1, 0.15) is 5.69 Å². The van der Waals surface area contributed by atoms with Crippen molar-refractivity contribution in [1.82, 2.24) is 5.16 Å². The minimum atomic E-state index is -0.0417. The Bertz CT molecular complexity index is 450. The van der Waals surface area contributed by atoms with Gasteiger partial charge in [-0.05, 0) is 6.42 Å². The molecule has 0 aliphatic carbocycles. The van der Waals surface area contributed by atoms with Crippen LogP contribution in [-0.2, 0) is 0 Å². The van der Waals surface area contributed by atoms with Gasteiger partial charge in [0, 0.05) is 11.6 Å². The number of aromatic nitrogens is 1. The van der Waals surface area contributed by atoms with Gasteiger partial charge in [-0.1, -0.05) is 55.3 Å². The summed E-state index contributed by atoms with van der Waals surface area (Å²) in [7, 11) is 0. The third-order valence-electron chi connectivity index (χ3n) is 2.83. The van der Waals surface area contributed by atoms with Crippen LogP contribution in [0.1, 0.15) is 38.0 Å². The maximum absolute atomic E-state index is 6.04. The van der Waals surface area contributed by atoms with Crippen LogP contribution in [0.15, 0.2) is 40.9 Å². The lowest BCUT2D eigenvalue weighted by molar-refractivity contribution is 0.354. The van der Waals surface area contributed by atoms with Crippen LogP contribution in [0, 0.1) is 0 Å². The first-order valence-electron chi connectivity index (χ1n) is 6.09. The average Bonchev–Trinajstić information content (AvgIpc) is 2.86. The van der Waals surface area contributed by atoms with Crippen molar-refractivity contribution in [3.63, 3.8) is 0 Å². The molecule has 3 heteroatoms. The van der Waals surface area contributed by atoms with Gasteiger partial charge in [0.25, 0.3) is 0 Å². The molecule has 0 saturated carbocycles. The standard InChI is InChI=1S/C14H18N2O/c1-2-3-9-12(15)14-10-13(16-17-14)11-7-5-4-6-8-11/h4-8,10,12H,2-3,9,15H2,1H3. The van der Waals surface area contributed by atoms with Gasteiger partial charge < -0.3 is 10.3 Å². The quantitative estimate of drug-likeness (QED) is 0.854. The minimum absolute atomic E-state index is 0.0417. The highest BCUT2D eigenvalue weighted by Gasteiger charge is 2.12. The van der Waals surface area contributed by atoms with Crippen LogP contribution >= 0.6 is 0 Å². The molecule has 0 aliphatic rings. The second-order valence-corrected chi connectivity index (χ2v) is 4.23. The van der Waals surface area contributed by atoms with Crippen molar-refractivity contribution >= 4 is 0 Å². The number of nitrogens with two attached hydrogens (primary N) is 1. The molecular formula is C14H18N2O. The molecule has 90 valence electrons. The van der Waals surface area contributed by atoms with Gasteiger partial charge in [0.05, 0.1) is 6.04 Å².